The van der Waals surface area contributed by atoms with Crippen LogP contribution in [0.3, 0.4) is 0 Å². The van der Waals surface area contributed by atoms with Gasteiger partial charge in [0.25, 0.3) is 0 Å². The number of carbonyl (C=O) groups excluding carboxylic acids is 1. The van der Waals surface area contributed by atoms with E-state index in [1.807, 2.05) is 6.08 Å². The highest BCUT2D eigenvalue weighted by molar-refractivity contribution is 8.18. The summed E-state index contributed by atoms with van der Waals surface area (Å²) in [4.78, 5) is 15.9. The first-order chi connectivity index (χ1) is 4.86. The number of dihydropyridines is 1. The first kappa shape index (κ1) is 5.92. The van der Waals surface area contributed by atoms with Gasteiger partial charge in [0.15, 0.2) is 0 Å². The van der Waals surface area contributed by atoms with Crippen molar-refractivity contribution in [2.24, 2.45) is 4.99 Å². The normalized spacial score (nSPS) is 22.2. The molecule has 50 valence electrons. The Labute approximate surface area is 62.7 Å². The van der Waals surface area contributed by atoms with E-state index in [1.54, 1.807) is 12.3 Å². The molecule has 2 aliphatic heterocycles. The number of rotatable bonds is 0. The maximum Gasteiger partial charge on any atom is 0.217 e. The van der Waals surface area contributed by atoms with Gasteiger partial charge in [-0.25, -0.2) is 0 Å². The van der Waals surface area contributed by atoms with Crippen LogP contribution in [0.4, 0.5) is 0 Å². The van der Waals surface area contributed by atoms with E-state index in [1.165, 1.54) is 11.8 Å². The summed E-state index contributed by atoms with van der Waals surface area (Å²) in [5, 5.41) is 0.131. The van der Waals surface area contributed by atoms with Gasteiger partial charge in [0.05, 0.1) is 6.54 Å². The number of allylic oxidation sites excluding steroid dienone is 1. The predicted octanol–water partition coefficient (Wildman–Crippen LogP) is 1.15. The Balaban J connectivity index is 2.41. The molecular formula is C7H5NOS. The highest BCUT2D eigenvalue weighted by Gasteiger charge is 2.19. The topological polar surface area (TPSA) is 29.4 Å². The number of nitrogens with zero attached hydrogens (tertiary/aromatic N) is 1. The van der Waals surface area contributed by atoms with Crippen molar-refractivity contribution < 1.29 is 4.79 Å². The first-order valence-electron chi connectivity index (χ1n) is 2.99. The number of thioether (sulfide) groups is 1. The van der Waals surface area contributed by atoms with E-state index < -0.39 is 0 Å². The van der Waals surface area contributed by atoms with E-state index in [2.05, 4.69) is 4.99 Å². The quantitative estimate of drug-likeness (QED) is 0.519. The van der Waals surface area contributed by atoms with Crippen LogP contribution in [0.15, 0.2) is 27.6 Å². The highest BCUT2D eigenvalue weighted by Crippen LogP contribution is 2.33. The third-order valence-electron chi connectivity index (χ3n) is 1.41. The number of carbonyl (C=O) groups is 1. The molecule has 0 bridgehead atoms. The van der Waals surface area contributed by atoms with Crippen LogP contribution in [-0.4, -0.2) is 17.9 Å². The third kappa shape index (κ3) is 0.827. The second kappa shape index (κ2) is 2.09. The van der Waals surface area contributed by atoms with Crippen LogP contribution in [0.25, 0.3) is 0 Å². The van der Waals surface area contributed by atoms with Crippen LogP contribution < -0.4 is 0 Å². The molecule has 0 unspecified atom stereocenters. The van der Waals surface area contributed by atoms with Crippen molar-refractivity contribution in [2.45, 2.75) is 0 Å². The molecule has 2 aliphatic rings. The fraction of sp³-hybridized carbons (Fsp3) is 0.143. The van der Waals surface area contributed by atoms with Crippen molar-refractivity contribution in [3.8, 4) is 0 Å². The molecule has 10 heavy (non-hydrogen) atoms. The highest BCUT2D eigenvalue weighted by atomic mass is 32.2. The zero-order chi connectivity index (χ0) is 6.97. The number of hydrogen-bond acceptors (Lipinski definition) is 3. The summed E-state index contributed by atoms with van der Waals surface area (Å²) in [6.45, 7) is 0.671. The SMILES string of the molecule is O=C1C=C2CN=CC=C2S1. The van der Waals surface area contributed by atoms with E-state index in [-0.39, 0.29) is 5.12 Å². The summed E-state index contributed by atoms with van der Waals surface area (Å²) in [7, 11) is 0. The van der Waals surface area contributed by atoms with Gasteiger partial charge in [-0.05, 0) is 29.5 Å². The summed E-state index contributed by atoms with van der Waals surface area (Å²) in [5.41, 5.74) is 1.07. The molecule has 0 radical (unpaired) electrons. The largest absolute Gasteiger partial charge is 0.288 e. The lowest BCUT2D eigenvalue weighted by Gasteiger charge is -2.02. The molecule has 0 fully saturated rings. The molecule has 0 amide bonds. The van der Waals surface area contributed by atoms with Gasteiger partial charge in [0.2, 0.25) is 5.12 Å². The van der Waals surface area contributed by atoms with E-state index in [0.717, 1.165) is 10.5 Å². The summed E-state index contributed by atoms with van der Waals surface area (Å²) in [5.74, 6) is 0. The maximum atomic E-state index is 10.8. The average molecular weight is 151 g/mol. The summed E-state index contributed by atoms with van der Waals surface area (Å²) < 4.78 is 0. The Hall–Kier alpha value is -0.830. The molecule has 0 saturated heterocycles. The fourth-order valence-corrected chi connectivity index (χ4v) is 1.75. The molecule has 0 aromatic carbocycles. The monoisotopic (exact) mass is 151 g/mol. The Kier molecular flexibility index (Phi) is 1.24. The second-order valence-corrected chi connectivity index (χ2v) is 3.16. The van der Waals surface area contributed by atoms with Gasteiger partial charge in [-0.2, -0.15) is 0 Å². The van der Waals surface area contributed by atoms with E-state index in [4.69, 9.17) is 0 Å². The van der Waals surface area contributed by atoms with E-state index in [0.29, 0.717) is 6.54 Å². The second-order valence-electron chi connectivity index (χ2n) is 2.11. The standard InChI is InChI=1S/C7H5NOS/c9-7-3-5-4-8-2-1-6(5)10-7/h1-3H,4H2. The van der Waals surface area contributed by atoms with Gasteiger partial charge in [-0.3, -0.25) is 9.79 Å². The van der Waals surface area contributed by atoms with Crippen molar-refractivity contribution in [2.75, 3.05) is 6.54 Å². The number of fused-ring (bicyclic) bond motifs is 1. The minimum Gasteiger partial charge on any atom is -0.288 e. The van der Waals surface area contributed by atoms with Crippen LogP contribution in [0.1, 0.15) is 0 Å². The molecule has 0 spiro atoms. The lowest BCUT2D eigenvalue weighted by atomic mass is 10.2. The van der Waals surface area contributed by atoms with Gasteiger partial charge in [0.1, 0.15) is 0 Å². The lowest BCUT2D eigenvalue weighted by Crippen LogP contribution is -1.92. The molecule has 2 heterocycles. The van der Waals surface area contributed by atoms with Gasteiger partial charge in [-0.1, -0.05) is 0 Å². The third-order valence-corrected chi connectivity index (χ3v) is 2.35. The summed E-state index contributed by atoms with van der Waals surface area (Å²) in [6, 6.07) is 0. The smallest absolute Gasteiger partial charge is 0.217 e. The van der Waals surface area contributed by atoms with Crippen LogP contribution in [0.5, 0.6) is 0 Å². The molecule has 0 atom stereocenters. The maximum absolute atomic E-state index is 10.8. The average Bonchev–Trinajstić information content (AvgIpc) is 2.27. The molecule has 0 N–H and O–H groups in total. The van der Waals surface area contributed by atoms with Crippen molar-refractivity contribution in [3.63, 3.8) is 0 Å². The molecule has 0 aromatic rings. The number of hydrogen-bond donors (Lipinski definition) is 0. The lowest BCUT2D eigenvalue weighted by molar-refractivity contribution is -0.106. The van der Waals surface area contributed by atoms with Crippen LogP contribution in [0, 0.1) is 0 Å². The van der Waals surface area contributed by atoms with Crippen molar-refractivity contribution in [1.29, 1.82) is 0 Å². The van der Waals surface area contributed by atoms with Gasteiger partial charge in [-0.15, -0.1) is 0 Å². The van der Waals surface area contributed by atoms with Crippen LogP contribution in [-0.2, 0) is 4.79 Å². The van der Waals surface area contributed by atoms with Crippen LogP contribution >= 0.6 is 11.8 Å². The molecular weight excluding hydrogens is 146 g/mol. The number of aliphatic imine (C=N–C) groups is 1. The first-order valence-corrected chi connectivity index (χ1v) is 3.81. The Morgan fingerprint density at radius 3 is 3.30 bits per heavy atom. The summed E-state index contributed by atoms with van der Waals surface area (Å²) in [6.07, 6.45) is 5.29. The minimum atomic E-state index is 0.131. The Morgan fingerprint density at radius 1 is 1.60 bits per heavy atom. The van der Waals surface area contributed by atoms with Crippen molar-refractivity contribution >= 4 is 23.1 Å². The molecule has 0 aliphatic carbocycles. The molecule has 0 saturated carbocycles. The minimum absolute atomic E-state index is 0.131. The van der Waals surface area contributed by atoms with E-state index in [9.17, 15) is 4.79 Å². The van der Waals surface area contributed by atoms with Gasteiger partial charge in [0, 0.05) is 11.1 Å². The zero-order valence-corrected chi connectivity index (χ0v) is 6.02. The molecule has 2 rings (SSSR count). The Morgan fingerprint density at radius 2 is 2.50 bits per heavy atom. The van der Waals surface area contributed by atoms with Crippen molar-refractivity contribution in [1.82, 2.24) is 0 Å². The molecule has 2 nitrogen and oxygen atoms in total. The predicted molar refractivity (Wildman–Crippen MR) is 42.1 cm³/mol. The van der Waals surface area contributed by atoms with Crippen LogP contribution in [0.2, 0.25) is 0 Å². The summed E-state index contributed by atoms with van der Waals surface area (Å²) >= 11 is 1.29. The fourth-order valence-electron chi connectivity index (χ4n) is 0.953. The zero-order valence-electron chi connectivity index (χ0n) is 5.20. The molecule has 3 heteroatoms. The van der Waals surface area contributed by atoms with Gasteiger partial charge >= 0.3 is 0 Å². The Bertz CT molecular complexity index is 275. The van der Waals surface area contributed by atoms with Crippen molar-refractivity contribution in [3.05, 3.63) is 22.6 Å². The van der Waals surface area contributed by atoms with E-state index >= 15 is 0 Å². The molecule has 0 aromatic heterocycles. The van der Waals surface area contributed by atoms with Gasteiger partial charge < -0.3 is 0 Å².